The largest absolute Gasteiger partial charge is 0.480 e. The van der Waals surface area contributed by atoms with Crippen molar-refractivity contribution in [3.8, 4) is 0 Å². The van der Waals surface area contributed by atoms with Crippen LogP contribution in [0, 0.1) is 0 Å². The summed E-state index contributed by atoms with van der Waals surface area (Å²) in [5, 5.41) is 16.2. The highest BCUT2D eigenvalue weighted by molar-refractivity contribution is 5.94. The van der Waals surface area contributed by atoms with E-state index in [-0.39, 0.29) is 13.0 Å². The van der Waals surface area contributed by atoms with Crippen LogP contribution in [-0.4, -0.2) is 42.1 Å². The summed E-state index contributed by atoms with van der Waals surface area (Å²) in [5.74, 6) is -1.31. The van der Waals surface area contributed by atoms with Gasteiger partial charge in [-0.05, 0) is 19.3 Å². The first-order chi connectivity index (χ1) is 8.00. The van der Waals surface area contributed by atoms with Crippen LogP contribution in [-0.2, 0) is 9.59 Å². The van der Waals surface area contributed by atoms with E-state index in [0.717, 1.165) is 6.42 Å². The Morgan fingerprint density at radius 3 is 2.35 bits per heavy atom. The molecule has 0 aromatic carbocycles. The average molecular weight is 243 g/mol. The Bertz CT molecular complexity index is 326. The molecule has 1 fully saturated rings. The Morgan fingerprint density at radius 2 is 1.94 bits per heavy atom. The Morgan fingerprint density at radius 1 is 1.29 bits per heavy atom. The lowest BCUT2D eigenvalue weighted by atomic mass is 9.77. The van der Waals surface area contributed by atoms with Gasteiger partial charge in [-0.25, -0.2) is 4.79 Å². The van der Waals surface area contributed by atoms with Gasteiger partial charge in [0, 0.05) is 20.0 Å². The smallest absolute Gasteiger partial charge is 0.323 e. The van der Waals surface area contributed by atoms with Gasteiger partial charge in [-0.15, -0.1) is 0 Å². The maximum absolute atomic E-state index is 11.2. The van der Waals surface area contributed by atoms with Crippen molar-refractivity contribution in [2.75, 3.05) is 13.6 Å². The van der Waals surface area contributed by atoms with Gasteiger partial charge in [0.1, 0.15) is 5.54 Å². The van der Waals surface area contributed by atoms with Crippen LogP contribution in [0.5, 0.6) is 0 Å². The third-order valence-electron chi connectivity index (χ3n) is 2.91. The first-order valence-corrected chi connectivity index (χ1v) is 5.50. The molecule has 1 aliphatic carbocycles. The number of aliphatic carboxylic acids is 1. The third-order valence-corrected chi connectivity index (χ3v) is 2.91. The summed E-state index contributed by atoms with van der Waals surface area (Å²) in [6, 6.07) is -0.563. The molecule has 7 heteroatoms. The molecule has 17 heavy (non-hydrogen) atoms. The number of rotatable bonds is 5. The van der Waals surface area contributed by atoms with E-state index in [2.05, 4.69) is 16.0 Å². The number of nitrogens with one attached hydrogen (secondary N) is 3. The van der Waals surface area contributed by atoms with E-state index < -0.39 is 23.4 Å². The van der Waals surface area contributed by atoms with Crippen molar-refractivity contribution in [3.63, 3.8) is 0 Å². The van der Waals surface area contributed by atoms with Gasteiger partial charge in [0.25, 0.3) is 0 Å². The van der Waals surface area contributed by atoms with E-state index in [1.54, 1.807) is 0 Å². The molecular weight excluding hydrogens is 226 g/mol. The van der Waals surface area contributed by atoms with E-state index in [1.807, 2.05) is 0 Å². The van der Waals surface area contributed by atoms with Gasteiger partial charge in [-0.3, -0.25) is 14.9 Å². The molecule has 0 bridgehead atoms. The van der Waals surface area contributed by atoms with Crippen molar-refractivity contribution in [3.05, 3.63) is 0 Å². The van der Waals surface area contributed by atoms with Gasteiger partial charge >= 0.3 is 12.0 Å². The molecule has 1 rings (SSSR count). The van der Waals surface area contributed by atoms with Crippen LogP contribution in [0.15, 0.2) is 0 Å². The molecular formula is C10H17N3O4. The molecule has 0 radical (unpaired) electrons. The monoisotopic (exact) mass is 243 g/mol. The molecule has 0 aliphatic heterocycles. The summed E-state index contributed by atoms with van der Waals surface area (Å²) in [5.41, 5.74) is -0.868. The van der Waals surface area contributed by atoms with Crippen molar-refractivity contribution in [1.82, 2.24) is 16.0 Å². The van der Waals surface area contributed by atoms with Gasteiger partial charge < -0.3 is 15.7 Å². The number of carboxylic acid groups (broad SMARTS) is 1. The fourth-order valence-electron chi connectivity index (χ4n) is 1.66. The highest BCUT2D eigenvalue weighted by atomic mass is 16.4. The molecule has 0 spiro atoms. The third kappa shape index (κ3) is 3.42. The molecule has 0 saturated heterocycles. The van der Waals surface area contributed by atoms with Gasteiger partial charge in [0.2, 0.25) is 5.91 Å². The van der Waals surface area contributed by atoms with E-state index in [4.69, 9.17) is 5.11 Å². The lowest BCUT2D eigenvalue weighted by Gasteiger charge is -2.38. The second-order valence-corrected chi connectivity index (χ2v) is 4.04. The normalized spacial score (nSPS) is 16.8. The predicted molar refractivity (Wildman–Crippen MR) is 59.4 cm³/mol. The summed E-state index contributed by atoms with van der Waals surface area (Å²) < 4.78 is 0. The first kappa shape index (κ1) is 13.4. The van der Waals surface area contributed by atoms with Crippen molar-refractivity contribution in [1.29, 1.82) is 0 Å². The lowest BCUT2D eigenvalue weighted by molar-refractivity contribution is -0.149. The highest BCUT2D eigenvalue weighted by Crippen LogP contribution is 2.31. The van der Waals surface area contributed by atoms with Crippen LogP contribution < -0.4 is 16.0 Å². The number of carbonyl (C=O) groups excluding carboxylic acids is 2. The number of hydrogen-bond donors (Lipinski definition) is 4. The Balaban J connectivity index is 2.25. The standard InChI is InChI=1S/C10H17N3O4/c1-11-9(17)13-7(14)3-6-12-10(8(15)16)4-2-5-10/h12H,2-6H2,1H3,(H,15,16)(H2,11,13,14,17). The second kappa shape index (κ2) is 5.62. The fourth-order valence-corrected chi connectivity index (χ4v) is 1.66. The maximum atomic E-state index is 11.2. The minimum atomic E-state index is -0.879. The topological polar surface area (TPSA) is 108 Å². The van der Waals surface area contributed by atoms with Crippen molar-refractivity contribution in [2.24, 2.45) is 0 Å². The molecule has 3 amide bonds. The van der Waals surface area contributed by atoms with Crippen LogP contribution in [0.25, 0.3) is 0 Å². The SMILES string of the molecule is CNC(=O)NC(=O)CCNC1(C(=O)O)CCC1. The van der Waals surface area contributed by atoms with E-state index >= 15 is 0 Å². The summed E-state index contributed by atoms with van der Waals surface area (Å²) in [7, 11) is 1.41. The molecule has 0 aromatic rings. The minimum absolute atomic E-state index is 0.0719. The minimum Gasteiger partial charge on any atom is -0.480 e. The lowest BCUT2D eigenvalue weighted by Crippen LogP contribution is -2.57. The highest BCUT2D eigenvalue weighted by Gasteiger charge is 2.43. The molecule has 7 nitrogen and oxygen atoms in total. The summed E-state index contributed by atoms with van der Waals surface area (Å²) in [4.78, 5) is 33.0. The molecule has 0 heterocycles. The zero-order chi connectivity index (χ0) is 12.9. The van der Waals surface area contributed by atoms with Crippen LogP contribution in [0.4, 0.5) is 4.79 Å². The number of carboxylic acids is 1. The molecule has 0 atom stereocenters. The van der Waals surface area contributed by atoms with Crippen molar-refractivity contribution < 1.29 is 19.5 Å². The summed E-state index contributed by atoms with van der Waals surface area (Å²) in [6.07, 6.45) is 2.12. The zero-order valence-corrected chi connectivity index (χ0v) is 9.71. The Hall–Kier alpha value is -1.63. The summed E-state index contributed by atoms with van der Waals surface area (Å²) >= 11 is 0. The van der Waals surface area contributed by atoms with Crippen LogP contribution >= 0.6 is 0 Å². The van der Waals surface area contributed by atoms with E-state index in [9.17, 15) is 14.4 Å². The maximum Gasteiger partial charge on any atom is 0.323 e. The van der Waals surface area contributed by atoms with Crippen molar-refractivity contribution >= 4 is 17.9 Å². The molecule has 4 N–H and O–H groups in total. The zero-order valence-electron chi connectivity index (χ0n) is 9.71. The first-order valence-electron chi connectivity index (χ1n) is 5.50. The molecule has 0 unspecified atom stereocenters. The number of amides is 3. The van der Waals surface area contributed by atoms with Gasteiger partial charge in [0.15, 0.2) is 0 Å². The van der Waals surface area contributed by atoms with Crippen LogP contribution in [0.1, 0.15) is 25.7 Å². The fraction of sp³-hybridized carbons (Fsp3) is 0.700. The number of hydrogen-bond acceptors (Lipinski definition) is 4. The number of carbonyl (C=O) groups is 3. The van der Waals surface area contributed by atoms with E-state index in [0.29, 0.717) is 12.8 Å². The predicted octanol–water partition coefficient (Wildman–Crippen LogP) is -0.571. The molecule has 1 saturated carbocycles. The van der Waals surface area contributed by atoms with E-state index in [1.165, 1.54) is 7.05 Å². The Labute approximate surface area is 98.9 Å². The summed E-state index contributed by atoms with van der Waals surface area (Å²) in [6.45, 7) is 0.245. The average Bonchev–Trinajstić information content (AvgIpc) is 2.21. The molecule has 1 aliphatic rings. The van der Waals surface area contributed by atoms with Crippen LogP contribution in [0.3, 0.4) is 0 Å². The second-order valence-electron chi connectivity index (χ2n) is 4.04. The van der Waals surface area contributed by atoms with Crippen LogP contribution in [0.2, 0.25) is 0 Å². The molecule has 96 valence electrons. The molecule has 0 aromatic heterocycles. The number of imide groups is 1. The Kier molecular flexibility index (Phi) is 4.45. The van der Waals surface area contributed by atoms with Gasteiger partial charge in [-0.2, -0.15) is 0 Å². The quantitative estimate of drug-likeness (QED) is 0.517. The van der Waals surface area contributed by atoms with Gasteiger partial charge in [-0.1, -0.05) is 0 Å². The van der Waals surface area contributed by atoms with Gasteiger partial charge in [0.05, 0.1) is 0 Å². The van der Waals surface area contributed by atoms with Crippen molar-refractivity contribution in [2.45, 2.75) is 31.2 Å². The number of urea groups is 1.